The second-order valence-electron chi connectivity index (χ2n) is 4.72. The fourth-order valence-electron chi connectivity index (χ4n) is 2.10. The van der Waals surface area contributed by atoms with Gasteiger partial charge in [-0.25, -0.2) is 0 Å². The number of hydrogen-bond acceptors (Lipinski definition) is 3. The van der Waals surface area contributed by atoms with Crippen LogP contribution < -0.4 is 4.74 Å². The summed E-state index contributed by atoms with van der Waals surface area (Å²) >= 11 is 3.41. The summed E-state index contributed by atoms with van der Waals surface area (Å²) in [6, 6.07) is 5.75. The molecule has 0 amide bonds. The number of rotatable bonds is 4. The quantitative estimate of drug-likeness (QED) is 0.926. The van der Waals surface area contributed by atoms with Gasteiger partial charge in [-0.15, -0.1) is 0 Å². The van der Waals surface area contributed by atoms with Gasteiger partial charge in [0.05, 0.1) is 12.7 Å². The van der Waals surface area contributed by atoms with Gasteiger partial charge in [0.2, 0.25) is 0 Å². The van der Waals surface area contributed by atoms with Crippen molar-refractivity contribution in [1.29, 1.82) is 0 Å². The zero-order valence-electron chi connectivity index (χ0n) is 10.6. The Kier molecular flexibility index (Phi) is 5.03. The number of ether oxygens (including phenoxy) is 2. The first-order valence-electron chi connectivity index (χ1n) is 6.35. The Morgan fingerprint density at radius 3 is 2.83 bits per heavy atom. The van der Waals surface area contributed by atoms with Crippen LogP contribution in [-0.2, 0) is 4.74 Å². The Hall–Kier alpha value is -0.580. The van der Waals surface area contributed by atoms with E-state index >= 15 is 0 Å². The first kappa shape index (κ1) is 13.8. The van der Waals surface area contributed by atoms with Gasteiger partial charge in [-0.05, 0) is 43.9 Å². The Labute approximate surface area is 116 Å². The Morgan fingerprint density at radius 2 is 2.17 bits per heavy atom. The minimum atomic E-state index is -0.521. The van der Waals surface area contributed by atoms with E-state index in [1.807, 2.05) is 18.2 Å². The molecule has 1 aliphatic heterocycles. The van der Waals surface area contributed by atoms with E-state index in [1.54, 1.807) is 6.92 Å². The summed E-state index contributed by atoms with van der Waals surface area (Å²) in [7, 11) is 0. The van der Waals surface area contributed by atoms with Crippen molar-refractivity contribution in [3.05, 3.63) is 28.2 Å². The molecule has 1 N–H and O–H groups in total. The van der Waals surface area contributed by atoms with E-state index in [-0.39, 0.29) is 0 Å². The van der Waals surface area contributed by atoms with Crippen molar-refractivity contribution in [3.63, 3.8) is 0 Å². The van der Waals surface area contributed by atoms with Crippen LogP contribution in [0.1, 0.15) is 31.4 Å². The van der Waals surface area contributed by atoms with Crippen LogP contribution in [0.5, 0.6) is 5.75 Å². The van der Waals surface area contributed by atoms with E-state index in [2.05, 4.69) is 15.9 Å². The van der Waals surface area contributed by atoms with Gasteiger partial charge in [-0.3, -0.25) is 0 Å². The monoisotopic (exact) mass is 314 g/mol. The third-order valence-electron chi connectivity index (χ3n) is 3.24. The minimum absolute atomic E-state index is 0.521. The molecule has 0 saturated carbocycles. The minimum Gasteiger partial charge on any atom is -0.493 e. The van der Waals surface area contributed by atoms with Gasteiger partial charge in [0.25, 0.3) is 0 Å². The van der Waals surface area contributed by atoms with E-state index in [1.165, 1.54) is 0 Å². The van der Waals surface area contributed by atoms with Crippen LogP contribution in [0.3, 0.4) is 0 Å². The van der Waals surface area contributed by atoms with Gasteiger partial charge < -0.3 is 14.6 Å². The SMILES string of the molecule is C[C@H](O)c1cc(Br)ccc1OCC1CCOCC1. The highest BCUT2D eigenvalue weighted by atomic mass is 79.9. The molecule has 100 valence electrons. The molecule has 1 atom stereocenters. The van der Waals surface area contributed by atoms with Crippen LogP contribution in [0.4, 0.5) is 0 Å². The number of benzene rings is 1. The summed E-state index contributed by atoms with van der Waals surface area (Å²) in [6.07, 6.45) is 1.59. The average molecular weight is 315 g/mol. The van der Waals surface area contributed by atoms with E-state index in [9.17, 15) is 5.11 Å². The molecule has 1 aromatic carbocycles. The van der Waals surface area contributed by atoms with Crippen LogP contribution in [0.15, 0.2) is 22.7 Å². The molecule has 0 spiro atoms. The third kappa shape index (κ3) is 3.70. The van der Waals surface area contributed by atoms with Crippen molar-refractivity contribution >= 4 is 15.9 Å². The smallest absolute Gasteiger partial charge is 0.125 e. The fourth-order valence-corrected chi connectivity index (χ4v) is 2.48. The van der Waals surface area contributed by atoms with Crippen LogP contribution in [0.2, 0.25) is 0 Å². The zero-order valence-corrected chi connectivity index (χ0v) is 12.1. The number of hydrogen-bond donors (Lipinski definition) is 1. The molecular formula is C14H19BrO3. The number of aliphatic hydroxyl groups is 1. The van der Waals surface area contributed by atoms with Crippen molar-refractivity contribution in [3.8, 4) is 5.75 Å². The van der Waals surface area contributed by atoms with Crippen molar-refractivity contribution in [2.45, 2.75) is 25.9 Å². The lowest BCUT2D eigenvalue weighted by atomic mass is 10.0. The summed E-state index contributed by atoms with van der Waals surface area (Å²) in [5.74, 6) is 1.34. The highest BCUT2D eigenvalue weighted by Crippen LogP contribution is 2.29. The van der Waals surface area contributed by atoms with Crippen molar-refractivity contribution in [1.82, 2.24) is 0 Å². The molecule has 0 radical (unpaired) electrons. The number of aliphatic hydroxyl groups excluding tert-OH is 1. The van der Waals surface area contributed by atoms with Crippen LogP contribution in [-0.4, -0.2) is 24.9 Å². The van der Waals surface area contributed by atoms with E-state index in [4.69, 9.17) is 9.47 Å². The van der Waals surface area contributed by atoms with Gasteiger partial charge >= 0.3 is 0 Å². The van der Waals surface area contributed by atoms with Crippen molar-refractivity contribution in [2.24, 2.45) is 5.92 Å². The normalized spacial score (nSPS) is 18.6. The van der Waals surface area contributed by atoms with Crippen molar-refractivity contribution < 1.29 is 14.6 Å². The highest BCUT2D eigenvalue weighted by Gasteiger charge is 2.16. The molecule has 0 aliphatic carbocycles. The van der Waals surface area contributed by atoms with Crippen molar-refractivity contribution in [2.75, 3.05) is 19.8 Å². The molecule has 0 bridgehead atoms. The highest BCUT2D eigenvalue weighted by molar-refractivity contribution is 9.10. The van der Waals surface area contributed by atoms with Gasteiger partial charge in [0.15, 0.2) is 0 Å². The summed E-state index contributed by atoms with van der Waals surface area (Å²) in [6.45, 7) is 4.11. The predicted octanol–water partition coefficient (Wildman–Crippen LogP) is 3.31. The average Bonchev–Trinajstić information content (AvgIpc) is 2.38. The fraction of sp³-hybridized carbons (Fsp3) is 0.571. The maximum Gasteiger partial charge on any atom is 0.125 e. The Bertz CT molecular complexity index is 387. The predicted molar refractivity (Wildman–Crippen MR) is 73.8 cm³/mol. The topological polar surface area (TPSA) is 38.7 Å². The lowest BCUT2D eigenvalue weighted by Crippen LogP contribution is -2.21. The molecule has 2 rings (SSSR count). The second-order valence-corrected chi connectivity index (χ2v) is 5.64. The summed E-state index contributed by atoms with van der Waals surface area (Å²) in [5.41, 5.74) is 0.830. The van der Waals surface area contributed by atoms with E-state index in [0.717, 1.165) is 41.8 Å². The molecule has 0 aromatic heterocycles. The molecule has 18 heavy (non-hydrogen) atoms. The molecule has 3 nitrogen and oxygen atoms in total. The molecule has 0 unspecified atom stereocenters. The summed E-state index contributed by atoms with van der Waals surface area (Å²) in [5, 5.41) is 9.75. The molecular weight excluding hydrogens is 296 g/mol. The molecule has 1 fully saturated rings. The first-order chi connectivity index (χ1) is 8.66. The van der Waals surface area contributed by atoms with E-state index < -0.39 is 6.10 Å². The molecule has 1 saturated heterocycles. The number of halogens is 1. The largest absolute Gasteiger partial charge is 0.493 e. The Balaban J connectivity index is 1.99. The van der Waals surface area contributed by atoms with Gasteiger partial charge in [0, 0.05) is 23.2 Å². The van der Waals surface area contributed by atoms with Crippen LogP contribution in [0, 0.1) is 5.92 Å². The maximum atomic E-state index is 9.75. The zero-order chi connectivity index (χ0) is 13.0. The molecule has 1 aliphatic rings. The van der Waals surface area contributed by atoms with E-state index in [0.29, 0.717) is 12.5 Å². The first-order valence-corrected chi connectivity index (χ1v) is 7.14. The van der Waals surface area contributed by atoms with Crippen LogP contribution >= 0.6 is 15.9 Å². The summed E-state index contributed by atoms with van der Waals surface area (Å²) < 4.78 is 12.1. The molecule has 1 heterocycles. The van der Waals surface area contributed by atoms with Gasteiger partial charge in [-0.1, -0.05) is 15.9 Å². The lowest BCUT2D eigenvalue weighted by molar-refractivity contribution is 0.0491. The maximum absolute atomic E-state index is 9.75. The molecule has 4 heteroatoms. The van der Waals surface area contributed by atoms with Gasteiger partial charge in [0.1, 0.15) is 5.75 Å². The Morgan fingerprint density at radius 1 is 1.44 bits per heavy atom. The summed E-state index contributed by atoms with van der Waals surface area (Å²) in [4.78, 5) is 0. The van der Waals surface area contributed by atoms with Crippen LogP contribution in [0.25, 0.3) is 0 Å². The second kappa shape index (κ2) is 6.55. The molecule has 1 aromatic rings. The third-order valence-corrected chi connectivity index (χ3v) is 3.73. The lowest BCUT2D eigenvalue weighted by Gasteiger charge is -2.23. The standard InChI is InChI=1S/C14H19BrO3/c1-10(16)13-8-12(15)2-3-14(13)18-9-11-4-6-17-7-5-11/h2-3,8,10-11,16H,4-7,9H2,1H3/t10-/m0/s1. The van der Waals surface area contributed by atoms with Gasteiger partial charge in [-0.2, -0.15) is 0 Å².